The molecular weight excluding hydrogens is 368 g/mol. The maximum Gasteiger partial charge on any atom is 0.331 e. The summed E-state index contributed by atoms with van der Waals surface area (Å²) in [5, 5.41) is 13.0. The molecule has 0 saturated carbocycles. The summed E-state index contributed by atoms with van der Waals surface area (Å²) < 4.78 is 9.76. The lowest BCUT2D eigenvalue weighted by atomic mass is 10.1. The molecule has 0 spiro atoms. The summed E-state index contributed by atoms with van der Waals surface area (Å²) in [6.07, 6.45) is 2.16. The molecule has 1 N–H and O–H groups in total. The topological polar surface area (TPSA) is 125 Å². The van der Waals surface area contributed by atoms with Gasteiger partial charge in [0.1, 0.15) is 5.75 Å². The minimum atomic E-state index is -0.891. The Hall–Kier alpha value is -4.01. The standard InChI is InChI=1S/C19H16N2O7/c1-27-16-9-5-3-7-14(16)19(24)20-17(22)12-28-18(23)11-10-13-6-2-4-8-15(13)21(25)26/h2-11H,12H2,1H3,(H,20,22,24)/b11-10+. The number of hydrogen-bond donors (Lipinski definition) is 1. The van der Waals surface area contributed by atoms with Crippen molar-refractivity contribution in [1.82, 2.24) is 5.32 Å². The third-order valence-corrected chi connectivity index (χ3v) is 3.48. The predicted molar refractivity (Wildman–Crippen MR) is 98.6 cm³/mol. The van der Waals surface area contributed by atoms with Crippen LogP contribution >= 0.6 is 0 Å². The van der Waals surface area contributed by atoms with Gasteiger partial charge in [-0.2, -0.15) is 0 Å². The number of nitrogens with zero attached hydrogens (tertiary/aromatic N) is 1. The van der Waals surface area contributed by atoms with Crippen LogP contribution in [-0.4, -0.2) is 36.4 Å². The van der Waals surface area contributed by atoms with Gasteiger partial charge in [0.15, 0.2) is 6.61 Å². The van der Waals surface area contributed by atoms with Gasteiger partial charge < -0.3 is 9.47 Å². The van der Waals surface area contributed by atoms with Gasteiger partial charge in [0.05, 0.1) is 23.2 Å². The van der Waals surface area contributed by atoms with Gasteiger partial charge in [0, 0.05) is 12.1 Å². The highest BCUT2D eigenvalue weighted by Gasteiger charge is 2.15. The summed E-state index contributed by atoms with van der Waals surface area (Å²) in [6.45, 7) is -0.694. The van der Waals surface area contributed by atoms with Crippen molar-refractivity contribution in [3.05, 3.63) is 75.8 Å². The Balaban J connectivity index is 1.90. The van der Waals surface area contributed by atoms with Gasteiger partial charge in [-0.05, 0) is 24.3 Å². The second kappa shape index (κ2) is 9.62. The lowest BCUT2D eigenvalue weighted by Gasteiger charge is -2.08. The lowest BCUT2D eigenvalue weighted by molar-refractivity contribution is -0.385. The Kier molecular flexibility index (Phi) is 6.98. The van der Waals surface area contributed by atoms with Crippen molar-refractivity contribution in [3.63, 3.8) is 0 Å². The average molecular weight is 384 g/mol. The SMILES string of the molecule is COc1ccccc1C(=O)NC(=O)COC(=O)/C=C/c1ccccc1[N+](=O)[O-]. The van der Waals surface area contributed by atoms with Crippen LogP contribution in [0, 0.1) is 10.1 Å². The normalized spacial score (nSPS) is 10.3. The molecule has 0 saturated heterocycles. The molecule has 144 valence electrons. The highest BCUT2D eigenvalue weighted by atomic mass is 16.6. The summed E-state index contributed by atoms with van der Waals surface area (Å²) in [5.74, 6) is -2.13. The number of esters is 1. The van der Waals surface area contributed by atoms with E-state index in [0.717, 1.165) is 6.08 Å². The first-order chi connectivity index (χ1) is 13.4. The Morgan fingerprint density at radius 3 is 2.50 bits per heavy atom. The van der Waals surface area contributed by atoms with Crippen molar-refractivity contribution >= 4 is 29.5 Å². The highest BCUT2D eigenvalue weighted by Crippen LogP contribution is 2.19. The molecule has 0 fully saturated rings. The second-order valence-electron chi connectivity index (χ2n) is 5.33. The van der Waals surface area contributed by atoms with E-state index in [9.17, 15) is 24.5 Å². The number of hydrogen-bond acceptors (Lipinski definition) is 7. The molecule has 0 unspecified atom stereocenters. The smallest absolute Gasteiger partial charge is 0.331 e. The van der Waals surface area contributed by atoms with Gasteiger partial charge in [0.2, 0.25) is 0 Å². The Labute approximate surface area is 159 Å². The zero-order valence-electron chi connectivity index (χ0n) is 14.8. The van der Waals surface area contributed by atoms with E-state index in [1.807, 2.05) is 0 Å². The number of ether oxygens (including phenoxy) is 2. The van der Waals surface area contributed by atoms with Crippen LogP contribution in [0.5, 0.6) is 5.75 Å². The summed E-state index contributed by atoms with van der Waals surface area (Å²) >= 11 is 0. The number of imide groups is 1. The first-order valence-corrected chi connectivity index (χ1v) is 7.98. The summed E-state index contributed by atoms with van der Waals surface area (Å²) in [4.78, 5) is 45.9. The van der Waals surface area contributed by atoms with Crippen molar-refractivity contribution < 1.29 is 28.8 Å². The van der Waals surface area contributed by atoms with E-state index in [1.54, 1.807) is 24.3 Å². The number of nitrogens with one attached hydrogen (secondary N) is 1. The van der Waals surface area contributed by atoms with Crippen LogP contribution in [0.25, 0.3) is 6.08 Å². The van der Waals surface area contributed by atoms with Crippen LogP contribution in [-0.2, 0) is 14.3 Å². The molecule has 9 heteroatoms. The molecular formula is C19H16N2O7. The molecule has 28 heavy (non-hydrogen) atoms. The molecule has 0 bridgehead atoms. The van der Waals surface area contributed by atoms with Crippen molar-refractivity contribution in [2.45, 2.75) is 0 Å². The minimum Gasteiger partial charge on any atom is -0.496 e. The fourth-order valence-corrected chi connectivity index (χ4v) is 2.20. The first-order valence-electron chi connectivity index (χ1n) is 7.98. The summed E-state index contributed by atoms with van der Waals surface area (Å²) in [5.41, 5.74) is 0.188. The maximum absolute atomic E-state index is 12.1. The largest absolute Gasteiger partial charge is 0.496 e. The lowest BCUT2D eigenvalue weighted by Crippen LogP contribution is -2.34. The van der Waals surface area contributed by atoms with E-state index >= 15 is 0 Å². The Morgan fingerprint density at radius 1 is 1.11 bits per heavy atom. The summed E-state index contributed by atoms with van der Waals surface area (Å²) in [6, 6.07) is 12.1. The van der Waals surface area contributed by atoms with E-state index in [2.05, 4.69) is 5.32 Å². The molecule has 9 nitrogen and oxygen atoms in total. The summed E-state index contributed by atoms with van der Waals surface area (Å²) in [7, 11) is 1.39. The van der Waals surface area contributed by atoms with E-state index < -0.39 is 29.3 Å². The van der Waals surface area contributed by atoms with E-state index in [0.29, 0.717) is 0 Å². The molecule has 0 radical (unpaired) electrons. The van der Waals surface area contributed by atoms with Gasteiger partial charge in [-0.3, -0.25) is 25.0 Å². The number of nitro groups is 1. The van der Waals surface area contributed by atoms with E-state index in [-0.39, 0.29) is 22.6 Å². The number of nitro benzene ring substituents is 1. The van der Waals surface area contributed by atoms with Gasteiger partial charge in [-0.25, -0.2) is 4.79 Å². The van der Waals surface area contributed by atoms with Gasteiger partial charge in [0.25, 0.3) is 17.5 Å². The first kappa shape index (κ1) is 20.3. The third kappa shape index (κ3) is 5.49. The van der Waals surface area contributed by atoms with Gasteiger partial charge in [-0.1, -0.05) is 24.3 Å². The fraction of sp³-hybridized carbons (Fsp3) is 0.105. The third-order valence-electron chi connectivity index (χ3n) is 3.48. The number of carbonyl (C=O) groups is 3. The molecule has 0 aliphatic heterocycles. The van der Waals surface area contributed by atoms with Crippen molar-refractivity contribution in [1.29, 1.82) is 0 Å². The number of rotatable bonds is 7. The predicted octanol–water partition coefficient (Wildman–Crippen LogP) is 2.12. The van der Waals surface area contributed by atoms with Crippen LogP contribution in [0.2, 0.25) is 0 Å². The Bertz CT molecular complexity index is 937. The second-order valence-corrected chi connectivity index (χ2v) is 5.33. The number of methoxy groups -OCH3 is 1. The van der Waals surface area contributed by atoms with Crippen molar-refractivity contribution in [3.8, 4) is 5.75 Å². The van der Waals surface area contributed by atoms with Crippen LogP contribution in [0.15, 0.2) is 54.6 Å². The maximum atomic E-state index is 12.1. The fourth-order valence-electron chi connectivity index (χ4n) is 2.20. The van der Waals surface area contributed by atoms with E-state index in [1.165, 1.54) is 37.5 Å². The van der Waals surface area contributed by atoms with Gasteiger partial charge >= 0.3 is 5.97 Å². The molecule has 0 heterocycles. The van der Waals surface area contributed by atoms with Crippen molar-refractivity contribution in [2.75, 3.05) is 13.7 Å². The number of carbonyl (C=O) groups excluding carboxylic acids is 3. The zero-order chi connectivity index (χ0) is 20.5. The minimum absolute atomic E-state index is 0.154. The van der Waals surface area contributed by atoms with Crippen LogP contribution in [0.1, 0.15) is 15.9 Å². The van der Waals surface area contributed by atoms with E-state index in [4.69, 9.17) is 9.47 Å². The van der Waals surface area contributed by atoms with Crippen LogP contribution < -0.4 is 10.1 Å². The van der Waals surface area contributed by atoms with Crippen molar-refractivity contribution in [2.24, 2.45) is 0 Å². The molecule has 2 amide bonds. The Morgan fingerprint density at radius 2 is 1.79 bits per heavy atom. The highest BCUT2D eigenvalue weighted by molar-refractivity contribution is 6.06. The molecule has 0 aromatic heterocycles. The molecule has 0 aliphatic carbocycles. The molecule has 2 aromatic rings. The quantitative estimate of drug-likeness (QED) is 0.335. The number of benzene rings is 2. The average Bonchev–Trinajstić information content (AvgIpc) is 2.70. The zero-order valence-corrected chi connectivity index (χ0v) is 14.8. The van der Waals surface area contributed by atoms with Crippen LogP contribution in [0.4, 0.5) is 5.69 Å². The molecule has 0 aliphatic rings. The molecule has 0 atom stereocenters. The molecule has 2 rings (SSSR count). The monoisotopic (exact) mass is 384 g/mol. The van der Waals surface area contributed by atoms with Crippen LogP contribution in [0.3, 0.4) is 0 Å². The number of para-hydroxylation sites is 2. The van der Waals surface area contributed by atoms with Gasteiger partial charge in [-0.15, -0.1) is 0 Å². The molecule has 2 aromatic carbocycles. The number of amides is 2.